The molecular weight excluding hydrogens is 367 g/mol. The Morgan fingerprint density at radius 3 is 2.43 bits per heavy atom. The first-order chi connectivity index (χ1) is 13.2. The summed E-state index contributed by atoms with van der Waals surface area (Å²) in [6.07, 6.45) is -4.48. The molecule has 0 unspecified atom stereocenters. The van der Waals surface area contributed by atoms with E-state index in [0.717, 1.165) is 37.8 Å². The summed E-state index contributed by atoms with van der Waals surface area (Å²) in [7, 11) is 2.00. The largest absolute Gasteiger partial charge is 0.416 e. The van der Waals surface area contributed by atoms with Crippen LogP contribution in [-0.2, 0) is 12.7 Å². The Morgan fingerprint density at radius 2 is 1.79 bits per heavy atom. The van der Waals surface area contributed by atoms with Crippen LogP contribution in [0.3, 0.4) is 0 Å². The van der Waals surface area contributed by atoms with Gasteiger partial charge in [-0.3, -0.25) is 9.69 Å². The summed E-state index contributed by atoms with van der Waals surface area (Å²) in [5.41, 5.74) is 0.987. The van der Waals surface area contributed by atoms with Crippen LogP contribution >= 0.6 is 0 Å². The molecule has 0 spiro atoms. The van der Waals surface area contributed by atoms with E-state index >= 15 is 0 Å². The maximum Gasteiger partial charge on any atom is 0.416 e. The van der Waals surface area contributed by atoms with Crippen LogP contribution < -0.4 is 5.32 Å². The zero-order valence-electron chi connectivity index (χ0n) is 16.0. The van der Waals surface area contributed by atoms with E-state index in [0.29, 0.717) is 5.56 Å². The number of piperazine rings is 1. The van der Waals surface area contributed by atoms with Crippen LogP contribution in [-0.4, -0.2) is 48.9 Å². The number of alkyl halides is 3. The SMILES string of the molecule is Cc1cccc(C(=O)Nc2ccc(CN3CCN(C)CC3)c(C(F)(F)F)c2)c1. The molecule has 0 aromatic heterocycles. The Morgan fingerprint density at radius 1 is 1.07 bits per heavy atom. The van der Waals surface area contributed by atoms with Gasteiger partial charge < -0.3 is 10.2 Å². The number of hydrogen-bond donors (Lipinski definition) is 1. The van der Waals surface area contributed by atoms with Gasteiger partial charge in [0, 0.05) is 44.0 Å². The summed E-state index contributed by atoms with van der Waals surface area (Å²) >= 11 is 0. The van der Waals surface area contributed by atoms with Gasteiger partial charge in [-0.15, -0.1) is 0 Å². The lowest BCUT2D eigenvalue weighted by atomic mass is 10.0. The lowest BCUT2D eigenvalue weighted by molar-refractivity contribution is -0.138. The monoisotopic (exact) mass is 391 g/mol. The van der Waals surface area contributed by atoms with Gasteiger partial charge in [-0.25, -0.2) is 0 Å². The van der Waals surface area contributed by atoms with Gasteiger partial charge >= 0.3 is 6.18 Å². The third kappa shape index (κ3) is 5.11. The van der Waals surface area contributed by atoms with E-state index in [1.54, 1.807) is 18.2 Å². The molecule has 1 N–H and O–H groups in total. The molecule has 0 atom stereocenters. The summed E-state index contributed by atoms with van der Waals surface area (Å²) in [6, 6.07) is 11.0. The summed E-state index contributed by atoms with van der Waals surface area (Å²) in [5.74, 6) is -0.427. The molecule has 1 amide bonds. The fourth-order valence-electron chi connectivity index (χ4n) is 3.29. The van der Waals surface area contributed by atoms with Gasteiger partial charge in [0.2, 0.25) is 0 Å². The van der Waals surface area contributed by atoms with Crippen molar-refractivity contribution in [2.45, 2.75) is 19.6 Å². The predicted octanol–water partition coefficient (Wildman–Crippen LogP) is 4.01. The van der Waals surface area contributed by atoms with Crippen molar-refractivity contribution in [2.75, 3.05) is 38.5 Å². The van der Waals surface area contributed by atoms with E-state index in [-0.39, 0.29) is 17.8 Å². The Balaban J connectivity index is 1.79. The van der Waals surface area contributed by atoms with Crippen LogP contribution in [0, 0.1) is 6.92 Å². The van der Waals surface area contributed by atoms with Crippen LogP contribution in [0.4, 0.5) is 18.9 Å². The number of nitrogens with zero attached hydrogens (tertiary/aromatic N) is 2. The minimum atomic E-state index is -4.48. The van der Waals surface area contributed by atoms with Crippen molar-refractivity contribution in [3.8, 4) is 0 Å². The van der Waals surface area contributed by atoms with Crippen LogP contribution in [0.5, 0.6) is 0 Å². The van der Waals surface area contributed by atoms with Crippen LogP contribution in [0.15, 0.2) is 42.5 Å². The highest BCUT2D eigenvalue weighted by atomic mass is 19.4. The number of aryl methyl sites for hydroxylation is 1. The number of rotatable bonds is 4. The summed E-state index contributed by atoms with van der Waals surface area (Å²) in [5, 5.41) is 2.58. The molecule has 0 saturated carbocycles. The Hall–Kier alpha value is -2.38. The molecule has 0 bridgehead atoms. The summed E-state index contributed by atoms with van der Waals surface area (Å²) in [4.78, 5) is 16.5. The molecule has 0 radical (unpaired) electrons. The molecule has 7 heteroatoms. The topological polar surface area (TPSA) is 35.6 Å². The first-order valence-electron chi connectivity index (χ1n) is 9.21. The zero-order valence-corrected chi connectivity index (χ0v) is 16.0. The van der Waals surface area contributed by atoms with Crippen LogP contribution in [0.25, 0.3) is 0 Å². The predicted molar refractivity (Wildman–Crippen MR) is 103 cm³/mol. The maximum atomic E-state index is 13.6. The first-order valence-corrected chi connectivity index (χ1v) is 9.21. The minimum Gasteiger partial charge on any atom is -0.322 e. The van der Waals surface area contributed by atoms with Gasteiger partial charge in [-0.2, -0.15) is 13.2 Å². The normalized spacial score (nSPS) is 16.2. The molecule has 1 saturated heterocycles. The molecule has 4 nitrogen and oxygen atoms in total. The average molecular weight is 391 g/mol. The second kappa shape index (κ2) is 8.32. The molecule has 150 valence electrons. The van der Waals surface area contributed by atoms with E-state index in [1.165, 1.54) is 12.1 Å². The number of halogens is 3. The highest BCUT2D eigenvalue weighted by Gasteiger charge is 2.34. The molecular formula is C21H24F3N3O. The molecule has 1 fully saturated rings. The molecule has 1 aliphatic heterocycles. The minimum absolute atomic E-state index is 0.140. The third-order valence-electron chi connectivity index (χ3n) is 4.94. The van der Waals surface area contributed by atoms with Crippen molar-refractivity contribution >= 4 is 11.6 Å². The molecule has 3 rings (SSSR count). The lowest BCUT2D eigenvalue weighted by Gasteiger charge is -2.33. The standard InChI is InChI=1S/C21H24F3N3O/c1-15-4-3-5-16(12-15)20(28)25-18-7-6-17(19(13-18)21(22,23)24)14-27-10-8-26(2)9-11-27/h3-7,12-13H,8-11,14H2,1-2H3,(H,25,28). The second-order valence-electron chi connectivity index (χ2n) is 7.27. The van der Waals surface area contributed by atoms with E-state index in [1.807, 2.05) is 24.9 Å². The van der Waals surface area contributed by atoms with Crippen molar-refractivity contribution < 1.29 is 18.0 Å². The average Bonchev–Trinajstić information content (AvgIpc) is 2.64. The molecule has 1 heterocycles. The quantitative estimate of drug-likeness (QED) is 0.855. The van der Waals surface area contributed by atoms with Crippen molar-refractivity contribution in [1.82, 2.24) is 9.80 Å². The number of benzene rings is 2. The Bertz CT molecular complexity index is 843. The lowest BCUT2D eigenvalue weighted by Crippen LogP contribution is -2.44. The van der Waals surface area contributed by atoms with E-state index < -0.39 is 17.6 Å². The van der Waals surface area contributed by atoms with Crippen LogP contribution in [0.2, 0.25) is 0 Å². The zero-order chi connectivity index (χ0) is 20.3. The van der Waals surface area contributed by atoms with Crippen LogP contribution in [0.1, 0.15) is 27.0 Å². The van der Waals surface area contributed by atoms with Gasteiger partial charge in [0.15, 0.2) is 0 Å². The fraction of sp³-hybridized carbons (Fsp3) is 0.381. The van der Waals surface area contributed by atoms with Gasteiger partial charge in [0.05, 0.1) is 5.56 Å². The highest BCUT2D eigenvalue weighted by Crippen LogP contribution is 2.34. The maximum absolute atomic E-state index is 13.6. The van der Waals surface area contributed by atoms with E-state index in [9.17, 15) is 18.0 Å². The first kappa shape index (κ1) is 20.4. The van der Waals surface area contributed by atoms with E-state index in [2.05, 4.69) is 10.2 Å². The Kier molecular flexibility index (Phi) is 6.05. The summed E-state index contributed by atoms with van der Waals surface area (Å²) in [6.45, 7) is 5.25. The Labute approximate surface area is 162 Å². The number of amides is 1. The number of likely N-dealkylation sites (N-methyl/N-ethyl adjacent to an activating group) is 1. The molecule has 1 aliphatic rings. The van der Waals surface area contributed by atoms with Gasteiger partial charge in [0.1, 0.15) is 0 Å². The van der Waals surface area contributed by atoms with Crippen molar-refractivity contribution in [3.63, 3.8) is 0 Å². The number of carbonyl (C=O) groups excluding carboxylic acids is 1. The summed E-state index contributed by atoms with van der Waals surface area (Å²) < 4.78 is 40.9. The van der Waals surface area contributed by atoms with Gasteiger partial charge in [0.25, 0.3) is 5.91 Å². The van der Waals surface area contributed by atoms with Crippen molar-refractivity contribution in [2.24, 2.45) is 0 Å². The molecule has 2 aromatic carbocycles. The molecule has 28 heavy (non-hydrogen) atoms. The molecule has 2 aromatic rings. The second-order valence-corrected chi connectivity index (χ2v) is 7.27. The third-order valence-corrected chi connectivity index (χ3v) is 4.94. The van der Waals surface area contributed by atoms with Crippen molar-refractivity contribution in [3.05, 3.63) is 64.7 Å². The number of anilines is 1. The van der Waals surface area contributed by atoms with Gasteiger partial charge in [-0.05, 0) is 43.8 Å². The highest BCUT2D eigenvalue weighted by molar-refractivity contribution is 6.04. The smallest absolute Gasteiger partial charge is 0.322 e. The van der Waals surface area contributed by atoms with Gasteiger partial charge in [-0.1, -0.05) is 23.8 Å². The number of carbonyl (C=O) groups is 1. The van der Waals surface area contributed by atoms with Crippen molar-refractivity contribution in [1.29, 1.82) is 0 Å². The molecule has 0 aliphatic carbocycles. The number of hydrogen-bond acceptors (Lipinski definition) is 3. The number of nitrogens with one attached hydrogen (secondary N) is 1. The fourth-order valence-corrected chi connectivity index (χ4v) is 3.29. The van der Waals surface area contributed by atoms with E-state index in [4.69, 9.17) is 0 Å².